The number of rotatable bonds is 5. The topological polar surface area (TPSA) is 171 Å². The molecule has 13 aromatic heterocycles. The minimum Gasteiger partial charge on any atom is -0.456 e. The van der Waals surface area contributed by atoms with E-state index in [-0.39, 0.29) is 0 Å². The SMILES string of the molecule is c1ccc2c(c1)oc1c2ccc2c3cc(-c4ccc5ccc(-c6ccc7oc8c(ccc9c%10ccccc%10oc98)c7c6)cc5c4)ccc3oc21.c1ccc2c(c1)oc1c2ccc2c3cc(-c4ccc5oc6c(ccc7c8ccccc8oc76)c5c4)ccc3oc21.c1ccc2c(c1)oc1c2ccc2c3cc(-c4ccc5oc6ccc(-c7ccc8oc9c(ccc%10c%11ccccc%11oc%109)c8c7)cc6c5c4)ccc3oc21. The molecule has 0 N–H and O–H groups in total. The molecule has 0 aliphatic rings. The van der Waals surface area contributed by atoms with Gasteiger partial charge in [0.05, 0.1) is 0 Å². The summed E-state index contributed by atoms with van der Waals surface area (Å²) in [6, 6.07) is 139. The summed E-state index contributed by atoms with van der Waals surface area (Å²) in [7, 11) is 0. The summed E-state index contributed by atoms with van der Waals surface area (Å²) in [5, 5.41) is 30.2. The van der Waals surface area contributed by atoms with Gasteiger partial charge in [0.15, 0.2) is 67.0 Å². The molecule has 143 heavy (non-hydrogen) atoms. The second-order valence-electron chi connectivity index (χ2n) is 37.7. The van der Waals surface area contributed by atoms with E-state index in [4.69, 9.17) is 57.4 Å². The van der Waals surface area contributed by atoms with Crippen LogP contribution >= 0.6 is 0 Å². The fourth-order valence-corrected chi connectivity index (χ4v) is 22.9. The number of fused-ring (bicyclic) bond motifs is 46. The van der Waals surface area contributed by atoms with E-state index < -0.39 is 0 Å². The van der Waals surface area contributed by atoms with Crippen molar-refractivity contribution in [2.24, 2.45) is 0 Å². The quantitative estimate of drug-likeness (QED) is 0.160. The highest BCUT2D eigenvalue weighted by atomic mass is 16.4. The Balaban J connectivity index is 0.0000000954. The smallest absolute Gasteiger partial charge is 0.178 e. The van der Waals surface area contributed by atoms with Gasteiger partial charge >= 0.3 is 0 Å². The third-order valence-electron chi connectivity index (χ3n) is 29.9. The zero-order chi connectivity index (χ0) is 92.8. The monoisotopic (exact) mass is 1830 g/mol. The number of furan rings is 13. The van der Waals surface area contributed by atoms with Crippen LogP contribution in [0.5, 0.6) is 0 Å². The Kier molecular flexibility index (Phi) is 15.3. The van der Waals surface area contributed by atoms with E-state index in [0.717, 1.165) is 341 Å². The van der Waals surface area contributed by atoms with Crippen molar-refractivity contribution in [3.63, 3.8) is 0 Å². The van der Waals surface area contributed by atoms with Crippen LogP contribution in [-0.4, -0.2) is 0 Å². The molecule has 35 rings (SSSR count). The van der Waals surface area contributed by atoms with Crippen LogP contribution in [0.4, 0.5) is 0 Å². The minimum absolute atomic E-state index is 0.777. The predicted molar refractivity (Wildman–Crippen MR) is 579 cm³/mol. The molecule has 0 bridgehead atoms. The summed E-state index contributed by atoms with van der Waals surface area (Å²) in [6.07, 6.45) is 0. The second kappa shape index (κ2) is 28.6. The molecule has 0 aliphatic carbocycles. The van der Waals surface area contributed by atoms with Gasteiger partial charge in [-0.15, -0.1) is 0 Å². The second-order valence-corrected chi connectivity index (χ2v) is 37.7. The molecule has 0 radical (unpaired) electrons. The van der Waals surface area contributed by atoms with E-state index in [1.165, 1.54) is 10.8 Å². The fraction of sp³-hybridized carbons (Fsp3) is 0. The van der Waals surface area contributed by atoms with E-state index in [9.17, 15) is 0 Å². The standard InChI is InChI=1S/C48H24O5.C46H24O4.C36H18O4/c1-3-7-39-29(5-1)31-13-15-33-35-21-25(11-19-43(35)52-47(33)45(31)50-39)27-9-17-41-37(23-27)38-24-28(10-18-42(38)49-41)26-12-20-44-36(22-26)34-16-14-32-30-6-2-4-8-40(30)51-46(32)48(34)53-44;1-3-7-39-31(5-1)33-15-17-35-37-23-28(13-19-41(37)49-45(35)43(33)47-39)26-11-9-25-10-12-27(22-30(25)21-26)29-14-20-42-38(24-29)36-18-16-34-32-6-2-4-8-40(32)48-44(34)46(36)50-42;1-3-7-29-21(5-1)23-11-13-25-27-17-19(9-15-31(27)39-35(25)33(23)37-29)20-10-16-32-28(18-20)26-14-12-24-22-6-2-4-8-30(22)38-34(24)36(26)40-32/h1-24H;1-24H;1-18H. The Morgan fingerprint density at radius 3 is 0.399 bits per heavy atom. The molecule has 0 unspecified atom stereocenters. The van der Waals surface area contributed by atoms with Crippen molar-refractivity contribution in [1.82, 2.24) is 0 Å². The predicted octanol–water partition coefficient (Wildman–Crippen LogP) is 39.2. The van der Waals surface area contributed by atoms with Gasteiger partial charge in [0.2, 0.25) is 0 Å². The lowest BCUT2D eigenvalue weighted by molar-refractivity contribution is 0.633. The van der Waals surface area contributed by atoms with Gasteiger partial charge < -0.3 is 57.4 Å². The minimum atomic E-state index is 0.777. The van der Waals surface area contributed by atoms with Crippen molar-refractivity contribution in [3.8, 4) is 55.6 Å². The van der Waals surface area contributed by atoms with Gasteiger partial charge in [-0.25, -0.2) is 0 Å². The van der Waals surface area contributed by atoms with Crippen molar-refractivity contribution >= 4 is 296 Å². The first-order valence-electron chi connectivity index (χ1n) is 47.9. The van der Waals surface area contributed by atoms with Crippen LogP contribution in [0.1, 0.15) is 0 Å². The Labute approximate surface area is 804 Å². The maximum Gasteiger partial charge on any atom is 0.178 e. The maximum absolute atomic E-state index is 6.41. The maximum atomic E-state index is 6.41. The average molecular weight is 1840 g/mol. The van der Waals surface area contributed by atoms with E-state index in [1.54, 1.807) is 0 Å². The van der Waals surface area contributed by atoms with E-state index in [1.807, 2.05) is 109 Å². The molecule has 0 saturated heterocycles. The average Bonchev–Trinajstić information content (AvgIpc) is 1.58. The summed E-state index contributed by atoms with van der Waals surface area (Å²) < 4.78 is 82.2. The lowest BCUT2D eigenvalue weighted by Gasteiger charge is -2.08. The van der Waals surface area contributed by atoms with Crippen molar-refractivity contribution in [2.45, 2.75) is 0 Å². The zero-order valence-electron chi connectivity index (χ0n) is 75.4. The number of benzene rings is 22. The molecular formula is C130H66O13. The van der Waals surface area contributed by atoms with Crippen LogP contribution in [0.25, 0.3) is 352 Å². The summed E-state index contributed by atoms with van der Waals surface area (Å²) in [5.41, 5.74) is 32.6. The number of para-hydroxylation sites is 6. The Morgan fingerprint density at radius 1 is 0.0839 bits per heavy atom. The molecule has 0 atom stereocenters. The van der Waals surface area contributed by atoms with Crippen molar-refractivity contribution in [1.29, 1.82) is 0 Å². The van der Waals surface area contributed by atoms with E-state index in [0.29, 0.717) is 0 Å². The number of hydrogen-bond donors (Lipinski definition) is 0. The molecule has 22 aromatic carbocycles. The highest BCUT2D eigenvalue weighted by Gasteiger charge is 2.27. The third-order valence-corrected chi connectivity index (χ3v) is 29.9. The van der Waals surface area contributed by atoms with Crippen LogP contribution in [0.15, 0.2) is 458 Å². The molecule has 664 valence electrons. The van der Waals surface area contributed by atoms with Gasteiger partial charge in [-0.3, -0.25) is 0 Å². The van der Waals surface area contributed by atoms with Gasteiger partial charge in [0.25, 0.3) is 0 Å². The summed E-state index contributed by atoms with van der Waals surface area (Å²) in [6.45, 7) is 0. The molecule has 13 heterocycles. The lowest BCUT2D eigenvalue weighted by Crippen LogP contribution is -1.82. The molecule has 0 saturated carbocycles. The summed E-state index contributed by atoms with van der Waals surface area (Å²) >= 11 is 0. The van der Waals surface area contributed by atoms with Gasteiger partial charge in [0, 0.05) is 140 Å². The molecule has 35 aromatic rings. The lowest BCUT2D eigenvalue weighted by atomic mass is 9.96. The third kappa shape index (κ3) is 11.2. The molecule has 13 nitrogen and oxygen atoms in total. The van der Waals surface area contributed by atoms with Crippen molar-refractivity contribution < 1.29 is 57.4 Å². The number of hydrogen-bond acceptors (Lipinski definition) is 13. The first-order chi connectivity index (χ1) is 70.7. The Bertz CT molecular complexity index is 11200. The first-order valence-corrected chi connectivity index (χ1v) is 47.9. The van der Waals surface area contributed by atoms with Crippen molar-refractivity contribution in [3.05, 3.63) is 400 Å². The highest BCUT2D eigenvalue weighted by molar-refractivity contribution is 6.27. The van der Waals surface area contributed by atoms with E-state index >= 15 is 0 Å². The normalized spacial score (nSPS) is 12.5. The summed E-state index contributed by atoms with van der Waals surface area (Å²) in [5.74, 6) is 0. The van der Waals surface area contributed by atoms with Crippen LogP contribution < -0.4 is 0 Å². The highest BCUT2D eigenvalue weighted by Crippen LogP contribution is 2.50. The Hall–Kier alpha value is -19.5. The summed E-state index contributed by atoms with van der Waals surface area (Å²) in [4.78, 5) is 0. The van der Waals surface area contributed by atoms with E-state index in [2.05, 4.69) is 291 Å². The Morgan fingerprint density at radius 2 is 0.217 bits per heavy atom. The molecule has 13 heteroatoms. The van der Waals surface area contributed by atoms with Gasteiger partial charge in [0.1, 0.15) is 78.2 Å². The largest absolute Gasteiger partial charge is 0.456 e. The fourth-order valence-electron chi connectivity index (χ4n) is 22.9. The zero-order valence-corrected chi connectivity index (χ0v) is 75.4. The molecule has 0 spiro atoms. The molecule has 0 fully saturated rings. The molecule has 0 aliphatic heterocycles. The van der Waals surface area contributed by atoms with Crippen LogP contribution in [0, 0.1) is 0 Å². The van der Waals surface area contributed by atoms with Crippen LogP contribution in [0.3, 0.4) is 0 Å². The van der Waals surface area contributed by atoms with Crippen molar-refractivity contribution in [2.75, 3.05) is 0 Å². The molecule has 0 amide bonds. The van der Waals surface area contributed by atoms with Gasteiger partial charge in [-0.05, 0) is 285 Å². The first kappa shape index (κ1) is 76.6. The van der Waals surface area contributed by atoms with Gasteiger partial charge in [-0.2, -0.15) is 0 Å². The molecular weight excluding hydrogens is 1770 g/mol. The van der Waals surface area contributed by atoms with Gasteiger partial charge in [-0.1, -0.05) is 182 Å². The van der Waals surface area contributed by atoms with Crippen LogP contribution in [-0.2, 0) is 0 Å². The van der Waals surface area contributed by atoms with Crippen LogP contribution in [0.2, 0.25) is 0 Å².